The van der Waals surface area contributed by atoms with E-state index >= 15 is 0 Å². The van der Waals surface area contributed by atoms with E-state index in [-0.39, 0.29) is 6.17 Å². The molecule has 0 aliphatic carbocycles. The fourth-order valence-electron chi connectivity index (χ4n) is 3.71. The topological polar surface area (TPSA) is 64.6 Å². The number of nitrogens with zero attached hydrogens (tertiary/aromatic N) is 1. The van der Waals surface area contributed by atoms with E-state index in [1.54, 1.807) is 11.6 Å². The molecule has 1 aliphatic rings. The van der Waals surface area contributed by atoms with Gasteiger partial charge in [0.15, 0.2) is 0 Å². The van der Waals surface area contributed by atoms with Gasteiger partial charge in [0.1, 0.15) is 6.17 Å². The Balaban J connectivity index is 1.61. The van der Waals surface area contributed by atoms with Crippen LogP contribution in [0.5, 0.6) is 0 Å². The van der Waals surface area contributed by atoms with Crippen molar-refractivity contribution in [3.05, 3.63) is 101 Å². The molecule has 0 spiro atoms. The number of anilines is 2. The van der Waals surface area contributed by atoms with Crippen LogP contribution in [0.15, 0.2) is 78.9 Å². The summed E-state index contributed by atoms with van der Waals surface area (Å²) in [6.07, 6.45) is 3.75. The van der Waals surface area contributed by atoms with Gasteiger partial charge in [0.05, 0.1) is 11.4 Å². The van der Waals surface area contributed by atoms with Crippen molar-refractivity contribution in [1.82, 2.24) is 5.48 Å². The number of para-hydroxylation sites is 2. The average molecular weight is 420 g/mol. The van der Waals surface area contributed by atoms with Crippen LogP contribution >= 0.6 is 11.6 Å². The first-order chi connectivity index (χ1) is 14.7. The van der Waals surface area contributed by atoms with Gasteiger partial charge in [-0.25, -0.2) is 5.48 Å². The predicted molar refractivity (Wildman–Crippen MR) is 121 cm³/mol. The lowest BCUT2D eigenvalue weighted by atomic mass is 10.1. The molecule has 0 radical (unpaired) electrons. The van der Waals surface area contributed by atoms with Crippen LogP contribution in [-0.2, 0) is 11.2 Å². The smallest absolute Gasteiger partial charge is 0.267 e. The molecule has 3 N–H and O–H groups in total. The van der Waals surface area contributed by atoms with Crippen LogP contribution in [0, 0.1) is 0 Å². The van der Waals surface area contributed by atoms with Crippen LogP contribution in [0.3, 0.4) is 0 Å². The monoisotopic (exact) mass is 419 g/mol. The summed E-state index contributed by atoms with van der Waals surface area (Å²) in [6.45, 7) is 0.797. The van der Waals surface area contributed by atoms with E-state index in [2.05, 4.69) is 34.5 Å². The molecule has 1 aliphatic heterocycles. The molecule has 6 heteroatoms. The Morgan fingerprint density at radius 2 is 1.90 bits per heavy atom. The maximum Gasteiger partial charge on any atom is 0.267 e. The van der Waals surface area contributed by atoms with Crippen molar-refractivity contribution in [2.45, 2.75) is 12.6 Å². The lowest BCUT2D eigenvalue weighted by Gasteiger charge is -2.27. The summed E-state index contributed by atoms with van der Waals surface area (Å²) in [4.78, 5) is 13.6. The first-order valence-corrected chi connectivity index (χ1v) is 10.1. The van der Waals surface area contributed by atoms with Crippen molar-refractivity contribution in [2.24, 2.45) is 0 Å². The maximum atomic E-state index is 11.3. The molecule has 4 rings (SSSR count). The van der Waals surface area contributed by atoms with Crippen molar-refractivity contribution in [1.29, 1.82) is 0 Å². The van der Waals surface area contributed by atoms with Crippen LogP contribution in [0.4, 0.5) is 11.4 Å². The second kappa shape index (κ2) is 9.03. The van der Waals surface area contributed by atoms with Gasteiger partial charge in [-0.1, -0.05) is 60.1 Å². The highest BCUT2D eigenvalue weighted by Gasteiger charge is 2.29. The van der Waals surface area contributed by atoms with E-state index in [1.165, 1.54) is 6.08 Å². The highest BCUT2D eigenvalue weighted by Crippen LogP contribution is 2.41. The molecule has 0 aromatic heterocycles. The number of halogens is 1. The van der Waals surface area contributed by atoms with E-state index in [0.29, 0.717) is 0 Å². The molecule has 30 heavy (non-hydrogen) atoms. The Hall–Kier alpha value is -3.28. The second-order valence-corrected chi connectivity index (χ2v) is 7.49. The summed E-state index contributed by atoms with van der Waals surface area (Å²) in [6, 6.07) is 24.2. The number of hydrogen-bond donors (Lipinski definition) is 3. The first kappa shape index (κ1) is 20.0. The highest BCUT2D eigenvalue weighted by atomic mass is 35.5. The number of rotatable bonds is 6. The summed E-state index contributed by atoms with van der Waals surface area (Å²) in [5.41, 5.74) is 6.91. The van der Waals surface area contributed by atoms with Crippen molar-refractivity contribution < 1.29 is 10.0 Å². The molecule has 3 aromatic rings. The van der Waals surface area contributed by atoms with Crippen LogP contribution < -0.4 is 15.7 Å². The summed E-state index contributed by atoms with van der Waals surface area (Å²) >= 11 is 6.36. The molecule has 0 bridgehead atoms. The molecule has 0 saturated carbocycles. The number of hydroxylamine groups is 1. The van der Waals surface area contributed by atoms with Gasteiger partial charge >= 0.3 is 0 Å². The van der Waals surface area contributed by atoms with Gasteiger partial charge in [-0.15, -0.1) is 0 Å². The Morgan fingerprint density at radius 1 is 1.10 bits per heavy atom. The normalized spacial score (nSPS) is 15.1. The molecule has 1 amide bonds. The first-order valence-electron chi connectivity index (χ1n) is 9.73. The molecule has 3 aromatic carbocycles. The number of carbonyl (C=O) groups excluding carboxylic acids is 1. The van der Waals surface area contributed by atoms with Gasteiger partial charge in [0.2, 0.25) is 0 Å². The van der Waals surface area contributed by atoms with Gasteiger partial charge in [-0.2, -0.15) is 0 Å². The number of amides is 1. The number of carbonyl (C=O) groups is 1. The molecule has 1 atom stereocenters. The molecule has 5 nitrogen and oxygen atoms in total. The average Bonchev–Trinajstić information content (AvgIpc) is 3.16. The van der Waals surface area contributed by atoms with Crippen molar-refractivity contribution in [3.63, 3.8) is 0 Å². The highest BCUT2D eigenvalue weighted by molar-refractivity contribution is 6.31. The molecular formula is C24H22ClN3O2. The van der Waals surface area contributed by atoms with E-state index < -0.39 is 5.91 Å². The fraction of sp³-hybridized carbons (Fsp3) is 0.125. The Morgan fingerprint density at radius 3 is 2.73 bits per heavy atom. The molecule has 1 heterocycles. The zero-order valence-electron chi connectivity index (χ0n) is 16.3. The Labute approximate surface area is 180 Å². The van der Waals surface area contributed by atoms with Crippen molar-refractivity contribution in [2.75, 3.05) is 16.8 Å². The molecule has 0 fully saturated rings. The number of nitrogens with one attached hydrogen (secondary N) is 2. The third kappa shape index (κ3) is 4.32. The molecule has 152 valence electrons. The summed E-state index contributed by atoms with van der Waals surface area (Å²) in [5.74, 6) is -0.562. The quantitative estimate of drug-likeness (QED) is 0.298. The lowest BCUT2D eigenvalue weighted by Crippen LogP contribution is -2.30. The standard InChI is InChI=1S/C24H22ClN3O2/c25-20-9-2-1-7-18(20)14-15-28-22-11-4-3-10-21(22)26-24(28)19-8-5-6-17(16-19)12-13-23(29)27-30/h1-13,16,24,26,30H,14-15H2,(H,27,29)/b13-12+. The fourth-order valence-corrected chi connectivity index (χ4v) is 3.94. The third-order valence-electron chi connectivity index (χ3n) is 5.16. The molecular weight excluding hydrogens is 398 g/mol. The van der Waals surface area contributed by atoms with Crippen LogP contribution in [0.1, 0.15) is 22.9 Å². The molecule has 1 unspecified atom stereocenters. The largest absolute Gasteiger partial charge is 0.360 e. The number of benzene rings is 3. The second-order valence-electron chi connectivity index (χ2n) is 7.08. The zero-order valence-corrected chi connectivity index (χ0v) is 17.0. The van der Waals surface area contributed by atoms with Gasteiger partial charge in [0.25, 0.3) is 5.91 Å². The SMILES string of the molecule is O=C(/C=C/c1cccc(C2Nc3ccccc3N2CCc2ccccc2Cl)c1)NO. The number of hydrogen-bond acceptors (Lipinski definition) is 4. The third-order valence-corrected chi connectivity index (χ3v) is 5.53. The van der Waals surface area contributed by atoms with E-state index in [0.717, 1.165) is 46.1 Å². The minimum atomic E-state index is -0.562. The van der Waals surface area contributed by atoms with E-state index in [4.69, 9.17) is 16.8 Å². The van der Waals surface area contributed by atoms with Gasteiger partial charge < -0.3 is 10.2 Å². The van der Waals surface area contributed by atoms with Gasteiger partial charge in [-0.05, 0) is 53.5 Å². The van der Waals surface area contributed by atoms with Crippen LogP contribution in [0.25, 0.3) is 6.08 Å². The van der Waals surface area contributed by atoms with E-state index in [9.17, 15) is 4.79 Å². The van der Waals surface area contributed by atoms with Crippen molar-refractivity contribution in [3.8, 4) is 0 Å². The Kier molecular flexibility index (Phi) is 6.02. The minimum absolute atomic E-state index is 0.0371. The molecule has 0 saturated heterocycles. The maximum absolute atomic E-state index is 11.3. The van der Waals surface area contributed by atoms with Gasteiger partial charge in [-0.3, -0.25) is 10.0 Å². The van der Waals surface area contributed by atoms with Crippen LogP contribution in [0.2, 0.25) is 5.02 Å². The summed E-state index contributed by atoms with van der Waals surface area (Å²) in [7, 11) is 0. The summed E-state index contributed by atoms with van der Waals surface area (Å²) in [5, 5.41) is 13.1. The summed E-state index contributed by atoms with van der Waals surface area (Å²) < 4.78 is 0. The minimum Gasteiger partial charge on any atom is -0.360 e. The predicted octanol–water partition coefficient (Wildman–Crippen LogP) is 5.03. The van der Waals surface area contributed by atoms with Crippen LogP contribution in [-0.4, -0.2) is 17.7 Å². The van der Waals surface area contributed by atoms with Crippen molar-refractivity contribution >= 4 is 35.0 Å². The zero-order chi connectivity index (χ0) is 20.9. The van der Waals surface area contributed by atoms with Gasteiger partial charge in [0, 0.05) is 17.6 Å². The lowest BCUT2D eigenvalue weighted by molar-refractivity contribution is -0.124. The Bertz CT molecular complexity index is 1080. The number of fused-ring (bicyclic) bond motifs is 1. The van der Waals surface area contributed by atoms with E-state index in [1.807, 2.05) is 48.5 Å².